The summed E-state index contributed by atoms with van der Waals surface area (Å²) in [5, 5.41) is 0. The summed E-state index contributed by atoms with van der Waals surface area (Å²) in [6, 6.07) is 0. The maximum atomic E-state index is 12.6. The van der Waals surface area contributed by atoms with Gasteiger partial charge in [0.15, 0.2) is 0 Å². The molecule has 3 aliphatic rings. The van der Waals surface area contributed by atoms with Crippen LogP contribution >= 0.6 is 0 Å². The molecule has 0 nitrogen and oxygen atoms in total. The molecular weight excluding hydrogens is 367 g/mol. The van der Waals surface area contributed by atoms with Crippen molar-refractivity contribution in [2.45, 2.75) is 142 Å². The smallest absolute Gasteiger partial charge is 0.0897 e. The third-order valence-electron chi connectivity index (χ3n) is 9.63. The number of rotatable bonds is 12. The van der Waals surface area contributed by atoms with Crippen LogP contribution in [-0.2, 0) is 0 Å². The van der Waals surface area contributed by atoms with Crippen LogP contribution in [-0.4, -0.2) is 6.67 Å². The van der Waals surface area contributed by atoms with Gasteiger partial charge in [-0.05, 0) is 67.6 Å². The van der Waals surface area contributed by atoms with E-state index in [1.165, 1.54) is 128 Å². The molecule has 176 valence electrons. The van der Waals surface area contributed by atoms with Crippen LogP contribution in [0.5, 0.6) is 0 Å². The Bertz CT molecular complexity index is 408. The summed E-state index contributed by atoms with van der Waals surface area (Å²) in [6.07, 6.45) is 30.3. The fraction of sp³-hybridized carbons (Fsp3) is 1.00. The Morgan fingerprint density at radius 3 is 1.33 bits per heavy atom. The fourth-order valence-corrected chi connectivity index (χ4v) is 7.37. The van der Waals surface area contributed by atoms with Crippen LogP contribution < -0.4 is 0 Å². The Hall–Kier alpha value is -0.0700. The van der Waals surface area contributed by atoms with Gasteiger partial charge in [-0.3, -0.25) is 4.39 Å². The minimum atomic E-state index is -0.0961. The molecule has 0 heterocycles. The van der Waals surface area contributed by atoms with Gasteiger partial charge in [-0.2, -0.15) is 0 Å². The highest BCUT2D eigenvalue weighted by Gasteiger charge is 2.31. The van der Waals surface area contributed by atoms with E-state index in [1.54, 1.807) is 0 Å². The zero-order valence-corrected chi connectivity index (χ0v) is 20.4. The van der Waals surface area contributed by atoms with E-state index in [1.807, 2.05) is 0 Å². The second-order valence-electron chi connectivity index (χ2n) is 11.7. The molecule has 0 aromatic rings. The summed E-state index contributed by atoms with van der Waals surface area (Å²) < 4.78 is 12.6. The average molecular weight is 421 g/mol. The molecule has 3 saturated carbocycles. The third kappa shape index (κ3) is 8.46. The van der Waals surface area contributed by atoms with Gasteiger partial charge >= 0.3 is 0 Å². The highest BCUT2D eigenvalue weighted by molar-refractivity contribution is 4.83. The quantitative estimate of drug-likeness (QED) is 0.275. The number of alkyl halides is 1. The van der Waals surface area contributed by atoms with Gasteiger partial charge in [0.2, 0.25) is 0 Å². The minimum Gasteiger partial charge on any atom is -0.251 e. The van der Waals surface area contributed by atoms with Crippen molar-refractivity contribution in [1.82, 2.24) is 0 Å². The van der Waals surface area contributed by atoms with E-state index in [2.05, 4.69) is 6.92 Å². The summed E-state index contributed by atoms with van der Waals surface area (Å²) in [6.45, 7) is 2.22. The lowest BCUT2D eigenvalue weighted by Crippen LogP contribution is -2.26. The summed E-state index contributed by atoms with van der Waals surface area (Å²) >= 11 is 0. The predicted molar refractivity (Wildman–Crippen MR) is 130 cm³/mol. The van der Waals surface area contributed by atoms with E-state index in [0.717, 1.165) is 36.0 Å². The van der Waals surface area contributed by atoms with Crippen molar-refractivity contribution in [2.24, 2.45) is 35.5 Å². The average Bonchev–Trinajstić information content (AvgIpc) is 2.79. The van der Waals surface area contributed by atoms with Crippen LogP contribution in [0.2, 0.25) is 0 Å². The molecule has 0 aromatic heterocycles. The van der Waals surface area contributed by atoms with Gasteiger partial charge < -0.3 is 0 Å². The molecule has 3 rings (SSSR count). The van der Waals surface area contributed by atoms with E-state index in [0.29, 0.717) is 5.92 Å². The van der Waals surface area contributed by atoms with Crippen LogP contribution in [0.1, 0.15) is 142 Å². The topological polar surface area (TPSA) is 0 Å². The van der Waals surface area contributed by atoms with Crippen molar-refractivity contribution < 1.29 is 4.39 Å². The maximum absolute atomic E-state index is 12.6. The molecule has 0 N–H and O–H groups in total. The molecular formula is C29H53F. The molecule has 30 heavy (non-hydrogen) atoms. The lowest BCUT2D eigenvalue weighted by atomic mass is 9.68. The number of unbranched alkanes of at least 4 members (excludes halogenated alkanes) is 4. The van der Waals surface area contributed by atoms with Gasteiger partial charge in [0.05, 0.1) is 6.67 Å². The molecule has 1 heteroatoms. The summed E-state index contributed by atoms with van der Waals surface area (Å²) in [7, 11) is 0. The van der Waals surface area contributed by atoms with Gasteiger partial charge in [-0.25, -0.2) is 0 Å². The van der Waals surface area contributed by atoms with Crippen LogP contribution in [0.15, 0.2) is 0 Å². The van der Waals surface area contributed by atoms with Crippen molar-refractivity contribution in [3.63, 3.8) is 0 Å². The molecule has 0 bridgehead atoms. The molecule has 0 radical (unpaired) electrons. The second kappa shape index (κ2) is 14.2. The molecule has 3 aliphatic carbocycles. The zero-order valence-electron chi connectivity index (χ0n) is 20.4. The zero-order chi connectivity index (χ0) is 21.0. The number of hydrogen-bond acceptors (Lipinski definition) is 0. The number of hydrogen-bond donors (Lipinski definition) is 0. The molecule has 0 aliphatic heterocycles. The summed E-state index contributed by atoms with van der Waals surface area (Å²) in [5.41, 5.74) is 0. The standard InChI is InChI=1S/C29H53F/c1-2-3-4-5-6-7-24-8-10-25(11-9-24)12-13-26-14-18-28(19-15-26)29-20-16-27(17-21-29)22-23-30/h24-29H,2-23H2,1H3. The second-order valence-corrected chi connectivity index (χ2v) is 11.7. The van der Waals surface area contributed by atoms with Crippen molar-refractivity contribution in [3.05, 3.63) is 0 Å². The van der Waals surface area contributed by atoms with E-state index in [9.17, 15) is 4.39 Å². The highest BCUT2D eigenvalue weighted by Crippen LogP contribution is 2.43. The van der Waals surface area contributed by atoms with Gasteiger partial charge in [-0.1, -0.05) is 110 Å². The van der Waals surface area contributed by atoms with E-state index < -0.39 is 0 Å². The van der Waals surface area contributed by atoms with E-state index >= 15 is 0 Å². The van der Waals surface area contributed by atoms with Gasteiger partial charge in [-0.15, -0.1) is 0 Å². The van der Waals surface area contributed by atoms with E-state index in [-0.39, 0.29) is 6.67 Å². The van der Waals surface area contributed by atoms with Crippen LogP contribution in [0.3, 0.4) is 0 Å². The Morgan fingerprint density at radius 2 is 0.867 bits per heavy atom. The molecule has 3 fully saturated rings. The monoisotopic (exact) mass is 420 g/mol. The SMILES string of the molecule is CCCCCCCC1CCC(CCC2CCC(C3CCC(CCF)CC3)CC2)CC1. The van der Waals surface area contributed by atoms with Gasteiger partial charge in [0.25, 0.3) is 0 Å². The lowest BCUT2D eigenvalue weighted by molar-refractivity contribution is 0.134. The molecule has 0 amide bonds. The van der Waals surface area contributed by atoms with Crippen molar-refractivity contribution in [1.29, 1.82) is 0 Å². The molecule has 0 atom stereocenters. The Labute approximate surface area is 188 Å². The first-order valence-electron chi connectivity index (χ1n) is 14.3. The summed E-state index contributed by atoms with van der Waals surface area (Å²) in [5.74, 6) is 5.88. The number of halogens is 1. The van der Waals surface area contributed by atoms with Crippen LogP contribution in [0, 0.1) is 35.5 Å². The van der Waals surface area contributed by atoms with Crippen LogP contribution in [0.25, 0.3) is 0 Å². The Kier molecular flexibility index (Phi) is 11.6. The maximum Gasteiger partial charge on any atom is 0.0897 e. The first-order chi connectivity index (χ1) is 14.8. The third-order valence-corrected chi connectivity index (χ3v) is 9.63. The lowest BCUT2D eigenvalue weighted by Gasteiger charge is -2.38. The van der Waals surface area contributed by atoms with Crippen molar-refractivity contribution in [3.8, 4) is 0 Å². The fourth-order valence-electron chi connectivity index (χ4n) is 7.37. The van der Waals surface area contributed by atoms with Crippen molar-refractivity contribution >= 4 is 0 Å². The summed E-state index contributed by atoms with van der Waals surface area (Å²) in [4.78, 5) is 0. The first-order valence-corrected chi connectivity index (χ1v) is 14.3. The van der Waals surface area contributed by atoms with E-state index in [4.69, 9.17) is 0 Å². The minimum absolute atomic E-state index is 0.0961. The Balaban J connectivity index is 1.21. The molecule has 0 aromatic carbocycles. The first kappa shape index (κ1) is 24.6. The molecule has 0 spiro atoms. The Morgan fingerprint density at radius 1 is 0.467 bits per heavy atom. The molecule has 0 saturated heterocycles. The normalized spacial score (nSPS) is 35.4. The largest absolute Gasteiger partial charge is 0.251 e. The van der Waals surface area contributed by atoms with Gasteiger partial charge in [0.1, 0.15) is 0 Å². The highest BCUT2D eigenvalue weighted by atomic mass is 19.1. The van der Waals surface area contributed by atoms with Gasteiger partial charge in [0, 0.05) is 0 Å². The van der Waals surface area contributed by atoms with Crippen molar-refractivity contribution in [2.75, 3.05) is 6.67 Å². The van der Waals surface area contributed by atoms with Crippen LogP contribution in [0.4, 0.5) is 4.39 Å². The predicted octanol–water partition coefficient (Wildman–Crippen LogP) is 9.91. The molecule has 0 unspecified atom stereocenters.